The summed E-state index contributed by atoms with van der Waals surface area (Å²) in [6.45, 7) is 8.19. The van der Waals surface area contributed by atoms with E-state index in [1.165, 1.54) is 0 Å². The van der Waals surface area contributed by atoms with Gasteiger partial charge in [0.15, 0.2) is 0 Å². The fourth-order valence-electron chi connectivity index (χ4n) is 1.20. The molecule has 2 atom stereocenters. The van der Waals surface area contributed by atoms with E-state index in [-0.39, 0.29) is 23.2 Å². The number of nitrogens with one attached hydrogen (secondary N) is 2. The first-order valence-electron chi connectivity index (χ1n) is 6.17. The van der Waals surface area contributed by atoms with Crippen LogP contribution in [0.1, 0.15) is 40.5 Å². The zero-order chi connectivity index (χ0) is 13.0. The highest BCUT2D eigenvalue weighted by molar-refractivity contribution is 8.01. The minimum absolute atomic E-state index is 0.197. The van der Waals surface area contributed by atoms with Crippen LogP contribution in [-0.2, 0) is 4.79 Å². The second-order valence-corrected chi connectivity index (χ2v) is 6.69. The quantitative estimate of drug-likeness (QED) is 0.794. The molecular formula is C12H22N2O2S. The Morgan fingerprint density at radius 2 is 1.76 bits per heavy atom. The number of thioether (sulfide) groups is 1. The van der Waals surface area contributed by atoms with E-state index in [4.69, 9.17) is 0 Å². The van der Waals surface area contributed by atoms with E-state index in [0.29, 0.717) is 11.2 Å². The first-order chi connectivity index (χ1) is 7.90. The van der Waals surface area contributed by atoms with Gasteiger partial charge in [0.1, 0.15) is 0 Å². The number of hydrogen-bond acceptors (Lipinski definition) is 3. The molecule has 2 N–H and O–H groups in total. The molecule has 4 nitrogen and oxygen atoms in total. The average molecular weight is 258 g/mol. The highest BCUT2D eigenvalue weighted by Crippen LogP contribution is 2.23. The number of imide groups is 1. The van der Waals surface area contributed by atoms with Crippen LogP contribution < -0.4 is 10.6 Å². The Morgan fingerprint density at radius 3 is 2.24 bits per heavy atom. The van der Waals surface area contributed by atoms with Crippen LogP contribution in [0.25, 0.3) is 0 Å². The van der Waals surface area contributed by atoms with E-state index < -0.39 is 0 Å². The molecule has 5 heteroatoms. The molecule has 0 heterocycles. The van der Waals surface area contributed by atoms with Crippen molar-refractivity contribution in [2.75, 3.05) is 0 Å². The lowest BCUT2D eigenvalue weighted by Crippen LogP contribution is -2.43. The minimum atomic E-state index is -0.359. The summed E-state index contributed by atoms with van der Waals surface area (Å²) in [5.41, 5.74) is 0. The van der Waals surface area contributed by atoms with E-state index in [2.05, 4.69) is 31.4 Å². The van der Waals surface area contributed by atoms with Gasteiger partial charge in [-0.1, -0.05) is 20.8 Å². The molecule has 0 aromatic rings. The predicted molar refractivity (Wildman–Crippen MR) is 71.0 cm³/mol. The van der Waals surface area contributed by atoms with Crippen LogP contribution in [0.2, 0.25) is 0 Å². The number of carbonyl (C=O) groups is 2. The zero-order valence-corrected chi connectivity index (χ0v) is 11.8. The molecule has 1 aliphatic carbocycles. The van der Waals surface area contributed by atoms with Crippen molar-refractivity contribution in [1.82, 2.24) is 10.6 Å². The molecule has 1 rings (SSSR count). The van der Waals surface area contributed by atoms with Crippen molar-refractivity contribution in [2.24, 2.45) is 5.92 Å². The van der Waals surface area contributed by atoms with E-state index in [1.54, 1.807) is 11.8 Å². The lowest BCUT2D eigenvalue weighted by atomic mass is 10.2. The maximum Gasteiger partial charge on any atom is 0.321 e. The van der Waals surface area contributed by atoms with Gasteiger partial charge in [0.05, 0.1) is 5.25 Å². The molecule has 0 radical (unpaired) electrons. The van der Waals surface area contributed by atoms with Crippen LogP contribution >= 0.6 is 11.8 Å². The molecule has 3 amide bonds. The molecule has 2 unspecified atom stereocenters. The van der Waals surface area contributed by atoms with Crippen LogP contribution in [0, 0.1) is 5.92 Å². The fourth-order valence-corrected chi connectivity index (χ4v) is 2.34. The summed E-state index contributed by atoms with van der Waals surface area (Å²) in [6, 6.07) is -0.0810. The Hall–Kier alpha value is -0.710. The molecule has 0 aliphatic heterocycles. The maximum atomic E-state index is 11.7. The Labute approximate surface area is 107 Å². The van der Waals surface area contributed by atoms with Crippen LogP contribution in [0.3, 0.4) is 0 Å². The van der Waals surface area contributed by atoms with Crippen LogP contribution in [0.5, 0.6) is 0 Å². The summed E-state index contributed by atoms with van der Waals surface area (Å²) >= 11 is 1.60. The molecule has 0 saturated heterocycles. The summed E-state index contributed by atoms with van der Waals surface area (Å²) in [7, 11) is 0. The molecule has 0 spiro atoms. The Bertz CT molecular complexity index is 290. The molecule has 1 aliphatic rings. The SMILES string of the molecule is CC(SC(C)C(C)C)C(=O)NC(=O)NC1CC1. The van der Waals surface area contributed by atoms with Crippen LogP contribution in [0.15, 0.2) is 0 Å². The van der Waals surface area contributed by atoms with Crippen molar-refractivity contribution >= 4 is 23.7 Å². The zero-order valence-electron chi connectivity index (χ0n) is 10.9. The summed E-state index contributed by atoms with van der Waals surface area (Å²) < 4.78 is 0. The van der Waals surface area contributed by atoms with Gasteiger partial charge in [0, 0.05) is 11.3 Å². The van der Waals surface area contributed by atoms with Crippen molar-refractivity contribution < 1.29 is 9.59 Å². The monoisotopic (exact) mass is 258 g/mol. The molecule has 98 valence electrons. The molecule has 17 heavy (non-hydrogen) atoms. The van der Waals surface area contributed by atoms with Gasteiger partial charge in [-0.3, -0.25) is 10.1 Å². The third-order valence-electron chi connectivity index (χ3n) is 2.88. The van der Waals surface area contributed by atoms with E-state index in [9.17, 15) is 9.59 Å². The topological polar surface area (TPSA) is 58.2 Å². The number of carbonyl (C=O) groups excluding carboxylic acids is 2. The van der Waals surface area contributed by atoms with Crippen molar-refractivity contribution in [1.29, 1.82) is 0 Å². The summed E-state index contributed by atoms with van der Waals surface area (Å²) in [5, 5.41) is 5.33. The number of rotatable bonds is 5. The van der Waals surface area contributed by atoms with Crippen molar-refractivity contribution in [3.05, 3.63) is 0 Å². The first-order valence-corrected chi connectivity index (χ1v) is 7.11. The van der Waals surface area contributed by atoms with Gasteiger partial charge >= 0.3 is 6.03 Å². The van der Waals surface area contributed by atoms with Gasteiger partial charge in [0.25, 0.3) is 0 Å². The summed E-state index contributed by atoms with van der Waals surface area (Å²) in [5.74, 6) is 0.316. The van der Waals surface area contributed by atoms with Gasteiger partial charge in [-0.15, -0.1) is 11.8 Å². The van der Waals surface area contributed by atoms with Crippen molar-refractivity contribution in [3.63, 3.8) is 0 Å². The van der Waals surface area contributed by atoms with E-state index in [1.807, 2.05) is 6.92 Å². The number of amides is 3. The van der Waals surface area contributed by atoms with Gasteiger partial charge < -0.3 is 5.32 Å². The smallest absolute Gasteiger partial charge is 0.321 e. The Kier molecular flexibility index (Phi) is 5.31. The average Bonchev–Trinajstić information content (AvgIpc) is 3.00. The second kappa shape index (κ2) is 6.28. The maximum absolute atomic E-state index is 11.7. The normalized spacial score (nSPS) is 18.6. The first kappa shape index (κ1) is 14.4. The molecular weight excluding hydrogens is 236 g/mol. The number of urea groups is 1. The van der Waals surface area contributed by atoms with Gasteiger partial charge in [0.2, 0.25) is 5.91 Å². The highest BCUT2D eigenvalue weighted by Gasteiger charge is 2.25. The Balaban J connectivity index is 2.27. The molecule has 0 aromatic heterocycles. The lowest BCUT2D eigenvalue weighted by Gasteiger charge is -2.19. The molecule has 0 aromatic carbocycles. The largest absolute Gasteiger partial charge is 0.335 e. The molecule has 1 saturated carbocycles. The predicted octanol–water partition coefficient (Wildman–Crippen LogP) is 2.14. The van der Waals surface area contributed by atoms with E-state index in [0.717, 1.165) is 12.8 Å². The van der Waals surface area contributed by atoms with Crippen molar-refractivity contribution in [2.45, 2.75) is 57.1 Å². The van der Waals surface area contributed by atoms with Gasteiger partial charge in [-0.05, 0) is 25.7 Å². The minimum Gasteiger partial charge on any atom is -0.335 e. The molecule has 0 bridgehead atoms. The fraction of sp³-hybridized carbons (Fsp3) is 0.833. The van der Waals surface area contributed by atoms with Crippen molar-refractivity contribution in [3.8, 4) is 0 Å². The van der Waals surface area contributed by atoms with E-state index >= 15 is 0 Å². The number of hydrogen-bond donors (Lipinski definition) is 2. The summed E-state index contributed by atoms with van der Waals surface area (Å²) in [6.07, 6.45) is 2.05. The van der Waals surface area contributed by atoms with Crippen LogP contribution in [0.4, 0.5) is 4.79 Å². The van der Waals surface area contributed by atoms with Gasteiger partial charge in [-0.2, -0.15) is 0 Å². The van der Waals surface area contributed by atoms with Gasteiger partial charge in [-0.25, -0.2) is 4.79 Å². The third-order valence-corrected chi connectivity index (χ3v) is 4.47. The molecule has 1 fully saturated rings. The third kappa shape index (κ3) is 5.44. The van der Waals surface area contributed by atoms with Crippen LogP contribution in [-0.4, -0.2) is 28.5 Å². The standard InChI is InChI=1S/C12H22N2O2S/c1-7(2)8(3)17-9(4)11(15)14-12(16)13-10-5-6-10/h7-10H,5-6H2,1-4H3,(H2,13,14,15,16). The highest BCUT2D eigenvalue weighted by atomic mass is 32.2. The lowest BCUT2D eigenvalue weighted by molar-refractivity contribution is -0.119. The summed E-state index contributed by atoms with van der Waals surface area (Å²) in [4.78, 5) is 23.1. The Morgan fingerprint density at radius 1 is 1.18 bits per heavy atom. The second-order valence-electron chi connectivity index (χ2n) is 4.96.